The second-order valence-corrected chi connectivity index (χ2v) is 5.33. The van der Waals surface area contributed by atoms with Gasteiger partial charge in [0.25, 0.3) is 5.56 Å². The van der Waals surface area contributed by atoms with Crippen molar-refractivity contribution >= 4 is 23.8 Å². The summed E-state index contributed by atoms with van der Waals surface area (Å²) in [4.78, 5) is 18.0. The Morgan fingerprint density at radius 1 is 1.50 bits per heavy atom. The van der Waals surface area contributed by atoms with Crippen molar-refractivity contribution in [2.45, 2.75) is 40.2 Å². The third-order valence-corrected chi connectivity index (χ3v) is 3.47. The van der Waals surface area contributed by atoms with Crippen LogP contribution < -0.4 is 11.0 Å². The Morgan fingerprint density at radius 3 is 2.95 bits per heavy atom. The molecule has 2 rings (SSSR count). The van der Waals surface area contributed by atoms with Gasteiger partial charge in [-0.1, -0.05) is 24.9 Å². The predicted molar refractivity (Wildman–Crippen MR) is 87.7 cm³/mol. The summed E-state index contributed by atoms with van der Waals surface area (Å²) in [6.07, 6.45) is 3.67. The first-order chi connectivity index (χ1) is 10.5. The first-order valence-electron chi connectivity index (χ1n) is 7.11. The lowest BCUT2D eigenvalue weighted by molar-refractivity contribution is 0.569. The molecule has 0 amide bonds. The minimum atomic E-state index is -0.230. The number of aryl methyl sites for hydroxylation is 3. The van der Waals surface area contributed by atoms with E-state index in [9.17, 15) is 4.79 Å². The van der Waals surface area contributed by atoms with Crippen molar-refractivity contribution in [2.24, 2.45) is 5.10 Å². The predicted octanol–water partition coefficient (Wildman–Crippen LogP) is 2.48. The molecule has 0 radical (unpaired) electrons. The van der Waals surface area contributed by atoms with Crippen LogP contribution in [-0.4, -0.2) is 26.0 Å². The Balaban J connectivity index is 2.13. The van der Waals surface area contributed by atoms with Crippen molar-refractivity contribution in [1.29, 1.82) is 0 Å². The molecule has 0 spiro atoms. The number of halogens is 1. The minimum absolute atomic E-state index is 0.230. The van der Waals surface area contributed by atoms with Crippen molar-refractivity contribution in [3.05, 3.63) is 38.5 Å². The van der Waals surface area contributed by atoms with Gasteiger partial charge >= 0.3 is 0 Å². The number of unbranched alkanes of at least 4 members (excludes halogenated alkanes) is 1. The average Bonchev–Trinajstić information content (AvgIpc) is 2.71. The summed E-state index contributed by atoms with van der Waals surface area (Å²) < 4.78 is 1.77. The summed E-state index contributed by atoms with van der Waals surface area (Å²) in [6, 6.07) is 1.41. The highest BCUT2D eigenvalue weighted by Gasteiger charge is 2.11. The molecule has 0 aromatic carbocycles. The number of anilines is 1. The van der Waals surface area contributed by atoms with E-state index >= 15 is 0 Å². The Bertz CT molecular complexity index is 733. The van der Waals surface area contributed by atoms with E-state index in [0.29, 0.717) is 10.8 Å². The normalized spacial score (nSPS) is 11.3. The molecule has 0 atom stereocenters. The quantitative estimate of drug-likeness (QED) is 0.631. The van der Waals surface area contributed by atoms with Crippen molar-refractivity contribution in [1.82, 2.24) is 19.7 Å². The van der Waals surface area contributed by atoms with Gasteiger partial charge in [-0.25, -0.2) is 10.4 Å². The van der Waals surface area contributed by atoms with Gasteiger partial charge in [0.2, 0.25) is 5.95 Å². The van der Waals surface area contributed by atoms with Gasteiger partial charge in [0.15, 0.2) is 0 Å². The molecule has 8 heteroatoms. The molecule has 22 heavy (non-hydrogen) atoms. The second-order valence-electron chi connectivity index (χ2n) is 4.97. The monoisotopic (exact) mass is 322 g/mol. The molecule has 0 aliphatic rings. The average molecular weight is 323 g/mol. The SMILES string of the molecule is CCCCn1nc(C)c(/C=N\Nc2nc(C)cc(=O)[nH]2)c1Cl. The molecule has 0 unspecified atom stereocenters. The van der Waals surface area contributed by atoms with Crippen LogP contribution in [0.1, 0.15) is 36.7 Å². The van der Waals surface area contributed by atoms with Crippen LogP contribution in [0.3, 0.4) is 0 Å². The van der Waals surface area contributed by atoms with Crippen molar-refractivity contribution < 1.29 is 0 Å². The summed E-state index contributed by atoms with van der Waals surface area (Å²) in [5.74, 6) is 0.286. The summed E-state index contributed by atoms with van der Waals surface area (Å²) in [5, 5.41) is 9.02. The van der Waals surface area contributed by atoms with Crippen molar-refractivity contribution in [3.63, 3.8) is 0 Å². The van der Waals surface area contributed by atoms with Crippen LogP contribution in [0.5, 0.6) is 0 Å². The van der Waals surface area contributed by atoms with Crippen molar-refractivity contribution in [3.8, 4) is 0 Å². The van der Waals surface area contributed by atoms with E-state index in [0.717, 1.165) is 30.6 Å². The fourth-order valence-corrected chi connectivity index (χ4v) is 2.27. The number of aromatic nitrogens is 4. The number of nitrogens with zero attached hydrogens (tertiary/aromatic N) is 4. The van der Waals surface area contributed by atoms with E-state index in [4.69, 9.17) is 11.6 Å². The third kappa shape index (κ3) is 3.94. The lowest BCUT2D eigenvalue weighted by Gasteiger charge is -2.01. The van der Waals surface area contributed by atoms with Gasteiger partial charge in [-0.15, -0.1) is 0 Å². The lowest BCUT2D eigenvalue weighted by atomic mass is 10.3. The highest BCUT2D eigenvalue weighted by Crippen LogP contribution is 2.18. The lowest BCUT2D eigenvalue weighted by Crippen LogP contribution is -2.10. The summed E-state index contributed by atoms with van der Waals surface area (Å²) >= 11 is 6.31. The van der Waals surface area contributed by atoms with Crippen LogP contribution in [0.4, 0.5) is 5.95 Å². The molecule has 0 bridgehead atoms. The van der Waals surface area contributed by atoms with Crippen LogP contribution in [0.25, 0.3) is 0 Å². The number of aromatic amines is 1. The molecular formula is C14H19ClN6O. The van der Waals surface area contributed by atoms with Crippen LogP contribution in [-0.2, 0) is 6.54 Å². The zero-order chi connectivity index (χ0) is 16.1. The van der Waals surface area contributed by atoms with E-state index in [1.54, 1.807) is 17.8 Å². The van der Waals surface area contributed by atoms with E-state index < -0.39 is 0 Å². The molecule has 0 fully saturated rings. The zero-order valence-electron chi connectivity index (χ0n) is 12.9. The van der Waals surface area contributed by atoms with Gasteiger partial charge in [0.1, 0.15) is 5.15 Å². The molecule has 118 valence electrons. The van der Waals surface area contributed by atoms with E-state index in [1.165, 1.54) is 6.07 Å². The van der Waals surface area contributed by atoms with Crippen molar-refractivity contribution in [2.75, 3.05) is 5.43 Å². The molecule has 2 heterocycles. The zero-order valence-corrected chi connectivity index (χ0v) is 13.6. The highest BCUT2D eigenvalue weighted by molar-refractivity contribution is 6.32. The minimum Gasteiger partial charge on any atom is -0.291 e. The third-order valence-electron chi connectivity index (χ3n) is 3.07. The number of H-pyrrole nitrogens is 1. The standard InChI is InChI=1S/C14H19ClN6O/c1-4-5-6-21-13(15)11(10(3)20-21)8-16-19-14-17-9(2)7-12(22)18-14/h7-8H,4-6H2,1-3H3,(H2,17,18,19,22)/b16-8-. The van der Waals surface area contributed by atoms with Crippen LogP contribution in [0.2, 0.25) is 5.15 Å². The Kier molecular flexibility index (Phi) is 5.32. The number of hydrogen-bond acceptors (Lipinski definition) is 5. The Morgan fingerprint density at radius 2 is 2.27 bits per heavy atom. The smallest absolute Gasteiger partial charge is 0.252 e. The Hall–Kier alpha value is -2.15. The van der Waals surface area contributed by atoms with E-state index in [-0.39, 0.29) is 11.5 Å². The van der Waals surface area contributed by atoms with Gasteiger partial charge in [-0.3, -0.25) is 14.5 Å². The highest BCUT2D eigenvalue weighted by atomic mass is 35.5. The fourth-order valence-electron chi connectivity index (χ4n) is 1.96. The summed E-state index contributed by atoms with van der Waals surface area (Å²) in [5.41, 5.74) is 4.63. The molecular weight excluding hydrogens is 304 g/mol. The summed E-state index contributed by atoms with van der Waals surface area (Å²) in [7, 11) is 0. The van der Waals surface area contributed by atoms with Gasteiger partial charge in [-0.05, 0) is 20.3 Å². The first-order valence-corrected chi connectivity index (χ1v) is 7.49. The summed E-state index contributed by atoms with van der Waals surface area (Å²) in [6.45, 7) is 6.52. The topological polar surface area (TPSA) is 88.0 Å². The van der Waals surface area contributed by atoms with Gasteiger partial charge in [0.05, 0.1) is 17.5 Å². The number of hydrazone groups is 1. The molecule has 2 aromatic rings. The molecule has 0 aliphatic heterocycles. The van der Waals surface area contributed by atoms with Crippen LogP contribution >= 0.6 is 11.6 Å². The maximum absolute atomic E-state index is 11.3. The maximum Gasteiger partial charge on any atom is 0.252 e. The molecule has 0 saturated heterocycles. The molecule has 0 aliphatic carbocycles. The maximum atomic E-state index is 11.3. The fraction of sp³-hybridized carbons (Fsp3) is 0.429. The molecule has 2 N–H and O–H groups in total. The number of rotatable bonds is 6. The van der Waals surface area contributed by atoms with Gasteiger partial charge < -0.3 is 0 Å². The molecule has 0 saturated carbocycles. The first kappa shape index (κ1) is 16.2. The van der Waals surface area contributed by atoms with Gasteiger partial charge in [0, 0.05) is 18.3 Å². The van der Waals surface area contributed by atoms with Gasteiger partial charge in [-0.2, -0.15) is 10.2 Å². The Labute approximate surface area is 133 Å². The van der Waals surface area contributed by atoms with Crippen LogP contribution in [0.15, 0.2) is 16.0 Å². The number of nitrogens with one attached hydrogen (secondary N) is 2. The second kappa shape index (κ2) is 7.22. The molecule has 7 nitrogen and oxygen atoms in total. The largest absolute Gasteiger partial charge is 0.291 e. The van der Waals surface area contributed by atoms with Crippen LogP contribution in [0, 0.1) is 13.8 Å². The van der Waals surface area contributed by atoms with E-state index in [1.807, 2.05) is 6.92 Å². The number of hydrogen-bond donors (Lipinski definition) is 2. The van der Waals surface area contributed by atoms with E-state index in [2.05, 4.69) is 32.5 Å². The molecule has 2 aromatic heterocycles.